The van der Waals surface area contributed by atoms with Gasteiger partial charge in [0.1, 0.15) is 5.01 Å². The molecule has 108 valence electrons. The van der Waals surface area contributed by atoms with Crippen LogP contribution in [0.2, 0.25) is 0 Å². The maximum atomic E-state index is 4.45. The Morgan fingerprint density at radius 3 is 2.95 bits per heavy atom. The Hall–Kier alpha value is -0.450. The number of nitrogens with zero attached hydrogens (tertiary/aromatic N) is 2. The van der Waals surface area contributed by atoms with Gasteiger partial charge in [-0.2, -0.15) is 0 Å². The Balaban J connectivity index is 2.04. The average molecular weight is 281 g/mol. The first-order valence-electron chi connectivity index (χ1n) is 7.40. The van der Waals surface area contributed by atoms with Crippen molar-refractivity contribution in [2.75, 3.05) is 13.1 Å². The summed E-state index contributed by atoms with van der Waals surface area (Å²) in [6, 6.07) is 0.625. The molecule has 1 aliphatic heterocycles. The maximum absolute atomic E-state index is 4.45. The monoisotopic (exact) mass is 281 g/mol. The molecule has 2 atom stereocenters. The van der Waals surface area contributed by atoms with Crippen LogP contribution in [0.5, 0.6) is 0 Å². The van der Waals surface area contributed by atoms with E-state index in [0.717, 1.165) is 25.6 Å². The van der Waals surface area contributed by atoms with Crippen molar-refractivity contribution in [1.82, 2.24) is 15.2 Å². The molecule has 1 aliphatic rings. The molecule has 2 rings (SSSR count). The van der Waals surface area contributed by atoms with Crippen molar-refractivity contribution in [2.24, 2.45) is 5.92 Å². The van der Waals surface area contributed by atoms with E-state index in [-0.39, 0.29) is 5.54 Å². The lowest BCUT2D eigenvalue weighted by Crippen LogP contribution is -2.62. The summed E-state index contributed by atoms with van der Waals surface area (Å²) in [5, 5.41) is 7.06. The first-order valence-corrected chi connectivity index (χ1v) is 8.28. The number of rotatable bonds is 5. The molecule has 2 unspecified atom stereocenters. The quantitative estimate of drug-likeness (QED) is 0.899. The van der Waals surface area contributed by atoms with Crippen molar-refractivity contribution in [2.45, 2.75) is 58.7 Å². The summed E-state index contributed by atoms with van der Waals surface area (Å²) in [4.78, 5) is 7.09. The number of thiazole rings is 1. The summed E-state index contributed by atoms with van der Waals surface area (Å²) >= 11 is 1.77. The number of hydrogen-bond acceptors (Lipinski definition) is 4. The molecule has 1 saturated heterocycles. The lowest BCUT2D eigenvalue weighted by atomic mass is 9.90. The highest BCUT2D eigenvalue weighted by Crippen LogP contribution is 2.27. The van der Waals surface area contributed by atoms with E-state index in [0.29, 0.717) is 6.04 Å². The molecule has 0 aliphatic carbocycles. The highest BCUT2D eigenvalue weighted by atomic mass is 32.1. The predicted molar refractivity (Wildman–Crippen MR) is 82.5 cm³/mol. The number of aromatic nitrogens is 1. The van der Waals surface area contributed by atoms with E-state index in [1.165, 1.54) is 17.8 Å². The van der Waals surface area contributed by atoms with Crippen LogP contribution in [0, 0.1) is 5.92 Å². The van der Waals surface area contributed by atoms with E-state index in [4.69, 9.17) is 0 Å². The molecule has 3 nitrogen and oxygen atoms in total. The standard InChI is InChI=1S/C15H27N3S/c1-5-15(4)11-17-13(8-12(2)3)9-18(15)10-14-16-6-7-19-14/h6-7,12-13,17H,5,8-11H2,1-4H3. The molecule has 0 radical (unpaired) electrons. The molecule has 0 aromatic carbocycles. The van der Waals surface area contributed by atoms with E-state index in [1.54, 1.807) is 11.3 Å². The molecule has 1 fully saturated rings. The minimum atomic E-state index is 0.263. The Kier molecular flexibility index (Phi) is 4.98. The second kappa shape index (κ2) is 6.33. The van der Waals surface area contributed by atoms with Crippen molar-refractivity contribution in [3.63, 3.8) is 0 Å². The van der Waals surface area contributed by atoms with Crippen LogP contribution in [-0.4, -0.2) is 34.6 Å². The van der Waals surface area contributed by atoms with Gasteiger partial charge in [-0.05, 0) is 25.7 Å². The second-order valence-corrected chi connectivity index (χ2v) is 7.34. The summed E-state index contributed by atoms with van der Waals surface area (Å²) in [6.07, 6.45) is 4.35. The average Bonchev–Trinajstić information content (AvgIpc) is 2.86. The van der Waals surface area contributed by atoms with Gasteiger partial charge in [-0.3, -0.25) is 4.90 Å². The Morgan fingerprint density at radius 1 is 1.58 bits per heavy atom. The van der Waals surface area contributed by atoms with Crippen LogP contribution in [0.25, 0.3) is 0 Å². The van der Waals surface area contributed by atoms with Crippen LogP contribution in [0.3, 0.4) is 0 Å². The molecule has 0 spiro atoms. The van der Waals surface area contributed by atoms with Crippen LogP contribution in [0.1, 0.15) is 45.5 Å². The van der Waals surface area contributed by atoms with Gasteiger partial charge in [0, 0.05) is 36.2 Å². The molecular weight excluding hydrogens is 254 g/mol. The fourth-order valence-corrected chi connectivity index (χ4v) is 3.48. The molecular formula is C15H27N3S. The van der Waals surface area contributed by atoms with Crippen LogP contribution in [0.15, 0.2) is 11.6 Å². The third kappa shape index (κ3) is 3.77. The number of nitrogens with one attached hydrogen (secondary N) is 1. The van der Waals surface area contributed by atoms with Crippen molar-refractivity contribution < 1.29 is 0 Å². The first kappa shape index (κ1) is 14.9. The van der Waals surface area contributed by atoms with Gasteiger partial charge >= 0.3 is 0 Å². The van der Waals surface area contributed by atoms with Gasteiger partial charge in [-0.1, -0.05) is 20.8 Å². The zero-order valence-electron chi connectivity index (χ0n) is 12.6. The minimum absolute atomic E-state index is 0.263. The predicted octanol–water partition coefficient (Wildman–Crippen LogP) is 3.13. The third-order valence-corrected chi connectivity index (χ3v) is 5.07. The molecule has 0 amide bonds. The smallest absolute Gasteiger partial charge is 0.107 e. The third-order valence-electron chi connectivity index (χ3n) is 4.30. The fourth-order valence-electron chi connectivity index (χ4n) is 2.85. The van der Waals surface area contributed by atoms with Crippen molar-refractivity contribution in [1.29, 1.82) is 0 Å². The summed E-state index contributed by atoms with van der Waals surface area (Å²) in [5.74, 6) is 0.755. The van der Waals surface area contributed by atoms with Gasteiger partial charge in [0.05, 0.1) is 6.54 Å². The van der Waals surface area contributed by atoms with Crippen molar-refractivity contribution >= 4 is 11.3 Å². The van der Waals surface area contributed by atoms with Crippen molar-refractivity contribution in [3.05, 3.63) is 16.6 Å². The molecule has 0 bridgehead atoms. The molecule has 1 aromatic heterocycles. The Labute approximate surface area is 121 Å². The first-order chi connectivity index (χ1) is 9.03. The summed E-state index contributed by atoms with van der Waals surface area (Å²) < 4.78 is 0. The fraction of sp³-hybridized carbons (Fsp3) is 0.800. The van der Waals surface area contributed by atoms with Crippen molar-refractivity contribution in [3.8, 4) is 0 Å². The molecule has 1 aromatic rings. The van der Waals surface area contributed by atoms with E-state index in [2.05, 4.69) is 48.3 Å². The highest BCUT2D eigenvalue weighted by molar-refractivity contribution is 7.09. The zero-order valence-corrected chi connectivity index (χ0v) is 13.5. The lowest BCUT2D eigenvalue weighted by molar-refractivity contribution is 0.0372. The number of hydrogen-bond donors (Lipinski definition) is 1. The van der Waals surface area contributed by atoms with Crippen LogP contribution >= 0.6 is 11.3 Å². The van der Waals surface area contributed by atoms with Gasteiger partial charge in [0.2, 0.25) is 0 Å². The molecule has 2 heterocycles. The minimum Gasteiger partial charge on any atom is -0.311 e. The SMILES string of the molecule is CCC1(C)CNC(CC(C)C)CN1Cc1nccs1. The number of piperazine rings is 1. The summed E-state index contributed by atoms with van der Waals surface area (Å²) in [7, 11) is 0. The maximum Gasteiger partial charge on any atom is 0.107 e. The van der Waals surface area contributed by atoms with E-state index in [1.807, 2.05) is 6.20 Å². The zero-order chi connectivity index (χ0) is 13.9. The van der Waals surface area contributed by atoms with Gasteiger partial charge in [0.25, 0.3) is 0 Å². The van der Waals surface area contributed by atoms with E-state index in [9.17, 15) is 0 Å². The Morgan fingerprint density at radius 2 is 2.37 bits per heavy atom. The summed E-state index contributed by atoms with van der Waals surface area (Å²) in [6.45, 7) is 12.5. The molecule has 0 saturated carbocycles. The van der Waals surface area contributed by atoms with Gasteiger partial charge < -0.3 is 5.32 Å². The summed E-state index contributed by atoms with van der Waals surface area (Å²) in [5.41, 5.74) is 0.263. The second-order valence-electron chi connectivity index (χ2n) is 6.36. The van der Waals surface area contributed by atoms with E-state index < -0.39 is 0 Å². The van der Waals surface area contributed by atoms with Crippen LogP contribution < -0.4 is 5.32 Å². The molecule has 4 heteroatoms. The highest BCUT2D eigenvalue weighted by Gasteiger charge is 2.36. The van der Waals surface area contributed by atoms with Crippen LogP contribution in [0.4, 0.5) is 0 Å². The Bertz CT molecular complexity index is 377. The largest absolute Gasteiger partial charge is 0.311 e. The topological polar surface area (TPSA) is 28.2 Å². The molecule has 1 N–H and O–H groups in total. The van der Waals surface area contributed by atoms with Gasteiger partial charge in [0.15, 0.2) is 0 Å². The van der Waals surface area contributed by atoms with E-state index >= 15 is 0 Å². The van der Waals surface area contributed by atoms with Gasteiger partial charge in [-0.25, -0.2) is 4.98 Å². The molecule has 19 heavy (non-hydrogen) atoms. The lowest BCUT2D eigenvalue weighted by Gasteiger charge is -2.48. The van der Waals surface area contributed by atoms with Crippen LogP contribution in [-0.2, 0) is 6.54 Å². The van der Waals surface area contributed by atoms with Gasteiger partial charge in [-0.15, -0.1) is 11.3 Å². The normalized spacial score (nSPS) is 29.0.